The van der Waals surface area contributed by atoms with E-state index in [1.165, 1.54) is 11.3 Å². The second-order valence-corrected chi connectivity index (χ2v) is 7.09. The van der Waals surface area contributed by atoms with Crippen LogP contribution in [0, 0.1) is 0 Å². The quantitative estimate of drug-likeness (QED) is 0.649. The molecule has 1 aromatic heterocycles. The summed E-state index contributed by atoms with van der Waals surface area (Å²) >= 11 is 5.86. The van der Waals surface area contributed by atoms with Crippen molar-refractivity contribution >= 4 is 23.2 Å². The first-order valence-electron chi connectivity index (χ1n) is 9.24. The van der Waals surface area contributed by atoms with Crippen molar-refractivity contribution in [2.24, 2.45) is 0 Å². The van der Waals surface area contributed by atoms with Crippen LogP contribution in [0.3, 0.4) is 0 Å². The van der Waals surface area contributed by atoms with Gasteiger partial charge >= 0.3 is 0 Å². The van der Waals surface area contributed by atoms with Crippen LogP contribution in [0.4, 0.5) is 5.69 Å². The highest BCUT2D eigenvalue weighted by Gasteiger charge is 2.29. The molecule has 28 heavy (non-hydrogen) atoms. The first-order valence-corrected chi connectivity index (χ1v) is 9.61. The standard InChI is InChI=1S/C22H21ClN2O3/c23-17-7-9-18(10-8-17)28-15-22(26)24-14-20(21-6-3-13-27-21)25-12-11-16-4-1-2-5-19(16)25/h1-10,13,20H,11-12,14-15H2,(H,24,26)/t20-/m0/s1. The van der Waals surface area contributed by atoms with Gasteiger partial charge in [0.1, 0.15) is 17.6 Å². The van der Waals surface area contributed by atoms with Crippen LogP contribution in [0.1, 0.15) is 17.4 Å². The van der Waals surface area contributed by atoms with Crippen molar-refractivity contribution < 1.29 is 13.9 Å². The van der Waals surface area contributed by atoms with E-state index in [2.05, 4.69) is 28.4 Å². The Kier molecular flexibility index (Phi) is 5.53. The lowest BCUT2D eigenvalue weighted by Crippen LogP contribution is -2.39. The average Bonchev–Trinajstić information content (AvgIpc) is 3.39. The maximum Gasteiger partial charge on any atom is 0.258 e. The van der Waals surface area contributed by atoms with Gasteiger partial charge in [0, 0.05) is 23.8 Å². The summed E-state index contributed by atoms with van der Waals surface area (Å²) in [5.41, 5.74) is 2.51. The Bertz CT molecular complexity index is 925. The molecular weight excluding hydrogens is 376 g/mol. The highest BCUT2D eigenvalue weighted by molar-refractivity contribution is 6.30. The normalized spacial score (nSPS) is 13.8. The van der Waals surface area contributed by atoms with Crippen molar-refractivity contribution in [3.05, 3.63) is 83.3 Å². The number of furan rings is 1. The van der Waals surface area contributed by atoms with E-state index in [-0.39, 0.29) is 18.6 Å². The SMILES string of the molecule is O=C(COc1ccc(Cl)cc1)NC[C@@H](c1ccco1)N1CCc2ccccc21. The number of nitrogens with zero attached hydrogens (tertiary/aromatic N) is 1. The largest absolute Gasteiger partial charge is 0.484 e. The molecule has 0 unspecified atom stereocenters. The van der Waals surface area contributed by atoms with Gasteiger partial charge in [-0.15, -0.1) is 0 Å². The highest BCUT2D eigenvalue weighted by Crippen LogP contribution is 2.34. The van der Waals surface area contributed by atoms with Crippen LogP contribution in [-0.4, -0.2) is 25.6 Å². The molecule has 5 nitrogen and oxygen atoms in total. The number of carbonyl (C=O) groups excluding carboxylic acids is 1. The van der Waals surface area contributed by atoms with Crippen LogP contribution < -0.4 is 15.0 Å². The van der Waals surface area contributed by atoms with E-state index in [0.29, 0.717) is 17.3 Å². The number of halogens is 1. The van der Waals surface area contributed by atoms with Crippen molar-refractivity contribution in [3.8, 4) is 5.75 Å². The van der Waals surface area contributed by atoms with Gasteiger partial charge < -0.3 is 19.4 Å². The summed E-state index contributed by atoms with van der Waals surface area (Å²) in [7, 11) is 0. The molecular formula is C22H21ClN2O3. The van der Waals surface area contributed by atoms with E-state index in [0.717, 1.165) is 18.7 Å². The molecule has 0 radical (unpaired) electrons. The third-order valence-corrected chi connectivity index (χ3v) is 5.10. The number of fused-ring (bicyclic) bond motifs is 1. The van der Waals surface area contributed by atoms with Gasteiger partial charge in [-0.25, -0.2) is 0 Å². The molecule has 2 heterocycles. The molecule has 1 amide bonds. The Balaban J connectivity index is 1.40. The molecule has 0 fully saturated rings. The molecule has 0 saturated carbocycles. The van der Waals surface area contributed by atoms with Gasteiger partial charge in [0.25, 0.3) is 5.91 Å². The van der Waals surface area contributed by atoms with Crippen LogP contribution >= 0.6 is 11.6 Å². The van der Waals surface area contributed by atoms with Crippen molar-refractivity contribution in [2.75, 3.05) is 24.6 Å². The van der Waals surface area contributed by atoms with E-state index in [1.807, 2.05) is 18.2 Å². The topological polar surface area (TPSA) is 54.7 Å². The molecule has 0 bridgehead atoms. The van der Waals surface area contributed by atoms with Gasteiger partial charge in [0.05, 0.1) is 6.26 Å². The Morgan fingerprint density at radius 1 is 1.14 bits per heavy atom. The Labute approximate surface area is 168 Å². The molecule has 1 aliphatic heterocycles. The zero-order chi connectivity index (χ0) is 19.3. The molecule has 1 aliphatic rings. The lowest BCUT2D eigenvalue weighted by atomic mass is 10.1. The van der Waals surface area contributed by atoms with Gasteiger partial charge in [0.15, 0.2) is 6.61 Å². The zero-order valence-electron chi connectivity index (χ0n) is 15.3. The number of hydrogen-bond donors (Lipinski definition) is 1. The van der Waals surface area contributed by atoms with Gasteiger partial charge in [0.2, 0.25) is 0 Å². The molecule has 0 spiro atoms. The number of hydrogen-bond acceptors (Lipinski definition) is 4. The van der Waals surface area contributed by atoms with Crippen LogP contribution in [0.25, 0.3) is 0 Å². The summed E-state index contributed by atoms with van der Waals surface area (Å²) in [6.07, 6.45) is 2.65. The fraction of sp³-hybridized carbons (Fsp3) is 0.227. The number of carbonyl (C=O) groups is 1. The molecule has 2 aromatic carbocycles. The fourth-order valence-electron chi connectivity index (χ4n) is 3.47. The average molecular weight is 397 g/mol. The minimum atomic E-state index is -0.181. The van der Waals surface area contributed by atoms with E-state index in [4.69, 9.17) is 20.8 Å². The minimum Gasteiger partial charge on any atom is -0.484 e. The Morgan fingerprint density at radius 2 is 1.96 bits per heavy atom. The van der Waals surface area contributed by atoms with E-state index in [9.17, 15) is 4.79 Å². The number of para-hydroxylation sites is 1. The van der Waals surface area contributed by atoms with Gasteiger partial charge in [-0.2, -0.15) is 0 Å². The van der Waals surface area contributed by atoms with E-state index < -0.39 is 0 Å². The number of ether oxygens (including phenoxy) is 1. The van der Waals surface area contributed by atoms with Crippen molar-refractivity contribution in [3.63, 3.8) is 0 Å². The zero-order valence-corrected chi connectivity index (χ0v) is 16.1. The van der Waals surface area contributed by atoms with E-state index >= 15 is 0 Å². The number of benzene rings is 2. The first-order chi connectivity index (χ1) is 13.7. The van der Waals surface area contributed by atoms with Crippen LogP contribution in [0.2, 0.25) is 5.02 Å². The number of rotatable bonds is 7. The summed E-state index contributed by atoms with van der Waals surface area (Å²) in [6, 6.07) is 19.0. The van der Waals surface area contributed by atoms with Crippen LogP contribution in [-0.2, 0) is 11.2 Å². The molecule has 0 aliphatic carbocycles. The smallest absolute Gasteiger partial charge is 0.258 e. The molecule has 0 saturated heterocycles. The maximum absolute atomic E-state index is 12.3. The summed E-state index contributed by atoms with van der Waals surface area (Å²) in [5.74, 6) is 1.25. The third kappa shape index (κ3) is 4.15. The fourth-order valence-corrected chi connectivity index (χ4v) is 3.60. The summed E-state index contributed by atoms with van der Waals surface area (Å²) in [4.78, 5) is 14.6. The monoisotopic (exact) mass is 396 g/mol. The van der Waals surface area contributed by atoms with Crippen molar-refractivity contribution in [1.29, 1.82) is 0 Å². The molecule has 6 heteroatoms. The second kappa shape index (κ2) is 8.40. The maximum atomic E-state index is 12.3. The third-order valence-electron chi connectivity index (χ3n) is 4.85. The highest BCUT2D eigenvalue weighted by atomic mass is 35.5. The molecule has 1 N–H and O–H groups in total. The van der Waals surface area contributed by atoms with Crippen molar-refractivity contribution in [2.45, 2.75) is 12.5 Å². The Hall–Kier alpha value is -2.92. The molecule has 1 atom stereocenters. The van der Waals surface area contributed by atoms with Gasteiger partial charge in [-0.3, -0.25) is 4.79 Å². The summed E-state index contributed by atoms with van der Waals surface area (Å²) in [6.45, 7) is 1.27. The predicted octanol–water partition coefficient (Wildman–Crippen LogP) is 4.23. The summed E-state index contributed by atoms with van der Waals surface area (Å²) in [5, 5.41) is 3.60. The number of nitrogens with one attached hydrogen (secondary N) is 1. The van der Waals surface area contributed by atoms with Crippen molar-refractivity contribution in [1.82, 2.24) is 5.32 Å². The summed E-state index contributed by atoms with van der Waals surface area (Å²) < 4.78 is 11.2. The van der Waals surface area contributed by atoms with Gasteiger partial charge in [-0.05, 0) is 54.4 Å². The molecule has 144 valence electrons. The van der Waals surface area contributed by atoms with Crippen LogP contribution in [0.15, 0.2) is 71.3 Å². The predicted molar refractivity (Wildman–Crippen MR) is 109 cm³/mol. The van der Waals surface area contributed by atoms with Gasteiger partial charge in [-0.1, -0.05) is 29.8 Å². The lowest BCUT2D eigenvalue weighted by molar-refractivity contribution is -0.123. The number of amides is 1. The second-order valence-electron chi connectivity index (χ2n) is 6.65. The number of anilines is 1. The van der Waals surface area contributed by atoms with E-state index in [1.54, 1.807) is 30.5 Å². The lowest BCUT2D eigenvalue weighted by Gasteiger charge is -2.29. The van der Waals surface area contributed by atoms with Crippen LogP contribution in [0.5, 0.6) is 5.75 Å². The Morgan fingerprint density at radius 3 is 2.75 bits per heavy atom. The molecule has 4 rings (SSSR count). The first kappa shape index (κ1) is 18.4. The minimum absolute atomic E-state index is 0.0525. The molecule has 3 aromatic rings.